The number of hydrogen-bond acceptors (Lipinski definition) is 3. The predicted molar refractivity (Wildman–Crippen MR) is 130 cm³/mol. The maximum absolute atomic E-state index is 5.91. The fourth-order valence-corrected chi connectivity index (χ4v) is 3.30. The van der Waals surface area contributed by atoms with Crippen molar-refractivity contribution in [2.45, 2.75) is 32.3 Å². The van der Waals surface area contributed by atoms with E-state index in [0.29, 0.717) is 0 Å². The lowest BCUT2D eigenvalue weighted by Gasteiger charge is -2.15. The van der Waals surface area contributed by atoms with Crippen molar-refractivity contribution >= 4 is 29.9 Å². The topological polar surface area (TPSA) is 54.9 Å². The number of fused-ring (bicyclic) bond motifs is 1. The molecule has 2 aromatic carbocycles. The Morgan fingerprint density at radius 1 is 1.14 bits per heavy atom. The lowest BCUT2D eigenvalue weighted by molar-refractivity contribution is 0.0646. The maximum Gasteiger partial charge on any atom is 0.190 e. The van der Waals surface area contributed by atoms with Gasteiger partial charge in [-0.2, -0.15) is 0 Å². The molecule has 1 aliphatic heterocycles. The molecule has 1 atom stereocenters. The summed E-state index contributed by atoms with van der Waals surface area (Å²) in [4.78, 5) is 4.29. The van der Waals surface area contributed by atoms with Gasteiger partial charge in [-0.3, -0.25) is 4.99 Å². The van der Waals surface area contributed by atoms with Crippen LogP contribution in [0.3, 0.4) is 0 Å². The van der Waals surface area contributed by atoms with E-state index in [9.17, 15) is 0 Å². The molecule has 1 unspecified atom stereocenters. The summed E-state index contributed by atoms with van der Waals surface area (Å²) in [6.07, 6.45) is 3.04. The molecule has 29 heavy (non-hydrogen) atoms. The molecule has 3 rings (SSSR count). The molecule has 6 heteroatoms. The van der Waals surface area contributed by atoms with Crippen molar-refractivity contribution in [2.24, 2.45) is 4.99 Å². The minimum atomic E-state index is 0. The highest BCUT2D eigenvalue weighted by Crippen LogP contribution is 2.25. The molecule has 0 amide bonds. The van der Waals surface area contributed by atoms with E-state index < -0.39 is 0 Å². The Morgan fingerprint density at radius 2 is 1.93 bits per heavy atom. The molecule has 0 aliphatic carbocycles. The fourth-order valence-electron chi connectivity index (χ4n) is 3.30. The Bertz CT molecular complexity index is 768. The van der Waals surface area contributed by atoms with Crippen LogP contribution in [-0.2, 0) is 17.6 Å². The standard InChI is InChI=1S/C23H31N3O2.HI/c1-18(20-7-4-3-5-8-20)27-15-6-13-25-23(24-2)26-14-11-19-9-10-22-21(17-19)12-16-28-22;/h3-5,7-10,17-18H,6,11-16H2,1-2H3,(H2,24,25,26);1H. The molecule has 0 radical (unpaired) electrons. The summed E-state index contributed by atoms with van der Waals surface area (Å²) in [5.74, 6) is 1.87. The molecule has 0 spiro atoms. The molecular weight excluding hydrogens is 477 g/mol. The van der Waals surface area contributed by atoms with Gasteiger partial charge < -0.3 is 20.1 Å². The smallest absolute Gasteiger partial charge is 0.190 e. The van der Waals surface area contributed by atoms with Crippen LogP contribution < -0.4 is 15.4 Å². The van der Waals surface area contributed by atoms with Gasteiger partial charge in [-0.05, 0) is 42.5 Å². The molecule has 2 N–H and O–H groups in total. The monoisotopic (exact) mass is 509 g/mol. The van der Waals surface area contributed by atoms with Crippen molar-refractivity contribution in [3.63, 3.8) is 0 Å². The molecule has 1 heterocycles. The van der Waals surface area contributed by atoms with Gasteiger partial charge in [-0.15, -0.1) is 24.0 Å². The SMILES string of the molecule is CN=C(NCCCOC(C)c1ccccc1)NCCc1ccc2c(c1)CCO2.I. The van der Waals surface area contributed by atoms with E-state index in [1.165, 1.54) is 16.7 Å². The van der Waals surface area contributed by atoms with Gasteiger partial charge >= 0.3 is 0 Å². The van der Waals surface area contributed by atoms with Crippen LogP contribution >= 0.6 is 24.0 Å². The molecule has 1 aliphatic rings. The van der Waals surface area contributed by atoms with Crippen molar-refractivity contribution in [3.05, 3.63) is 65.2 Å². The maximum atomic E-state index is 5.91. The van der Waals surface area contributed by atoms with Crippen LogP contribution in [0.25, 0.3) is 0 Å². The highest BCUT2D eigenvalue weighted by atomic mass is 127. The first-order chi connectivity index (χ1) is 13.8. The Balaban J connectivity index is 0.00000300. The van der Waals surface area contributed by atoms with Crippen LogP contribution in [0.4, 0.5) is 0 Å². The highest BCUT2D eigenvalue weighted by Gasteiger charge is 2.11. The predicted octanol–water partition coefficient (Wildman–Crippen LogP) is 4.11. The summed E-state index contributed by atoms with van der Waals surface area (Å²) in [6, 6.07) is 16.8. The lowest BCUT2D eigenvalue weighted by Crippen LogP contribution is -2.39. The number of halogens is 1. The largest absolute Gasteiger partial charge is 0.493 e. The number of ether oxygens (including phenoxy) is 2. The quantitative estimate of drug-likeness (QED) is 0.231. The fraction of sp³-hybridized carbons (Fsp3) is 0.435. The number of nitrogens with one attached hydrogen (secondary N) is 2. The average molecular weight is 509 g/mol. The summed E-state index contributed by atoms with van der Waals surface area (Å²) >= 11 is 0. The third-order valence-corrected chi connectivity index (χ3v) is 4.93. The second-order valence-electron chi connectivity index (χ2n) is 6.99. The number of rotatable bonds is 9. The van der Waals surface area contributed by atoms with Crippen molar-refractivity contribution < 1.29 is 9.47 Å². The van der Waals surface area contributed by atoms with Gasteiger partial charge in [0.1, 0.15) is 5.75 Å². The van der Waals surface area contributed by atoms with Crippen molar-refractivity contribution in [3.8, 4) is 5.75 Å². The number of nitrogens with zero attached hydrogens (tertiary/aromatic N) is 1. The van der Waals surface area contributed by atoms with Gasteiger partial charge in [-0.25, -0.2) is 0 Å². The van der Waals surface area contributed by atoms with Gasteiger partial charge in [-0.1, -0.05) is 42.5 Å². The van der Waals surface area contributed by atoms with Crippen LogP contribution in [0.1, 0.15) is 36.1 Å². The normalized spacial score (nSPS) is 13.8. The van der Waals surface area contributed by atoms with E-state index in [-0.39, 0.29) is 30.1 Å². The van der Waals surface area contributed by atoms with Crippen LogP contribution in [0, 0.1) is 0 Å². The summed E-state index contributed by atoms with van der Waals surface area (Å²) in [6.45, 7) is 5.30. The first-order valence-corrected chi connectivity index (χ1v) is 10.1. The number of guanidine groups is 1. The van der Waals surface area contributed by atoms with Gasteiger partial charge in [0, 0.05) is 33.2 Å². The third kappa shape index (κ3) is 7.51. The summed E-state index contributed by atoms with van der Waals surface area (Å²) in [5.41, 5.74) is 3.87. The first-order valence-electron chi connectivity index (χ1n) is 10.1. The Labute approximate surface area is 191 Å². The van der Waals surface area contributed by atoms with Crippen LogP contribution in [0.2, 0.25) is 0 Å². The Kier molecular flexibility index (Phi) is 10.3. The molecule has 5 nitrogen and oxygen atoms in total. The Hall–Kier alpha value is -1.80. The van der Waals surface area contributed by atoms with Gasteiger partial charge in [0.25, 0.3) is 0 Å². The summed E-state index contributed by atoms with van der Waals surface area (Å²) in [7, 11) is 1.80. The van der Waals surface area contributed by atoms with Gasteiger partial charge in [0.2, 0.25) is 0 Å². The van der Waals surface area contributed by atoms with Gasteiger partial charge in [0.05, 0.1) is 12.7 Å². The zero-order chi connectivity index (χ0) is 19.6. The van der Waals surface area contributed by atoms with Crippen LogP contribution in [0.5, 0.6) is 5.75 Å². The molecule has 2 aromatic rings. The molecule has 0 fully saturated rings. The average Bonchev–Trinajstić information content (AvgIpc) is 3.20. The molecule has 158 valence electrons. The zero-order valence-corrected chi connectivity index (χ0v) is 19.6. The van der Waals surface area contributed by atoms with Crippen LogP contribution in [0.15, 0.2) is 53.5 Å². The summed E-state index contributed by atoms with van der Waals surface area (Å²) < 4.78 is 11.5. The minimum absolute atomic E-state index is 0. The molecule has 0 saturated heterocycles. The van der Waals surface area contributed by atoms with E-state index in [2.05, 4.69) is 52.9 Å². The molecular formula is C23H32IN3O2. The number of hydrogen-bond donors (Lipinski definition) is 2. The molecule has 0 saturated carbocycles. The second-order valence-corrected chi connectivity index (χ2v) is 6.99. The van der Waals surface area contributed by atoms with Crippen molar-refractivity contribution in [2.75, 3.05) is 33.4 Å². The molecule has 0 aromatic heterocycles. The lowest BCUT2D eigenvalue weighted by atomic mass is 10.1. The third-order valence-electron chi connectivity index (χ3n) is 4.93. The Morgan fingerprint density at radius 3 is 2.72 bits per heavy atom. The van der Waals surface area contributed by atoms with Gasteiger partial charge in [0.15, 0.2) is 5.96 Å². The van der Waals surface area contributed by atoms with E-state index in [4.69, 9.17) is 9.47 Å². The number of aliphatic imine (C=N–C) groups is 1. The summed E-state index contributed by atoms with van der Waals surface area (Å²) in [5, 5.41) is 6.73. The number of benzene rings is 2. The molecule has 0 bridgehead atoms. The minimum Gasteiger partial charge on any atom is -0.493 e. The van der Waals surface area contributed by atoms with E-state index in [0.717, 1.165) is 57.3 Å². The van der Waals surface area contributed by atoms with E-state index in [1.54, 1.807) is 7.05 Å². The highest BCUT2D eigenvalue weighted by molar-refractivity contribution is 14.0. The zero-order valence-electron chi connectivity index (χ0n) is 17.3. The second kappa shape index (κ2) is 12.7. The van der Waals surface area contributed by atoms with Crippen molar-refractivity contribution in [1.82, 2.24) is 10.6 Å². The first kappa shape index (κ1) is 23.5. The van der Waals surface area contributed by atoms with E-state index in [1.807, 2.05) is 18.2 Å². The van der Waals surface area contributed by atoms with Crippen molar-refractivity contribution in [1.29, 1.82) is 0 Å². The van der Waals surface area contributed by atoms with Crippen LogP contribution in [-0.4, -0.2) is 39.3 Å². The van der Waals surface area contributed by atoms with E-state index >= 15 is 0 Å².